The molecule has 0 unspecified atom stereocenters. The van der Waals surface area contributed by atoms with E-state index in [1.54, 1.807) is 20.0 Å². The van der Waals surface area contributed by atoms with Gasteiger partial charge < -0.3 is 15.8 Å². The van der Waals surface area contributed by atoms with E-state index in [2.05, 4.69) is 15.2 Å². The third-order valence-corrected chi connectivity index (χ3v) is 6.39. The highest BCUT2D eigenvalue weighted by molar-refractivity contribution is 7.18. The molecule has 0 aliphatic carbocycles. The number of rotatable bonds is 7. The Bertz CT molecular complexity index is 921. The molecule has 30 heavy (non-hydrogen) atoms. The number of aromatic nitrogens is 1. The first kappa shape index (κ1) is 21.9. The molecule has 8 nitrogen and oxygen atoms in total. The fourth-order valence-electron chi connectivity index (χ4n) is 3.66. The summed E-state index contributed by atoms with van der Waals surface area (Å²) < 4.78 is 5.08. The number of anilines is 1. The Balaban J connectivity index is 1.63. The molecule has 0 saturated carbocycles. The normalized spacial score (nSPS) is 15.0. The van der Waals surface area contributed by atoms with Gasteiger partial charge in [-0.15, -0.1) is 11.3 Å². The predicted octanol–water partition coefficient (Wildman–Crippen LogP) is 2.55. The lowest BCUT2D eigenvalue weighted by Crippen LogP contribution is -2.38. The average molecular weight is 431 g/mol. The summed E-state index contributed by atoms with van der Waals surface area (Å²) >= 11 is 1.00. The lowest BCUT2D eigenvalue weighted by molar-refractivity contribution is -0.117. The maximum atomic E-state index is 12.6. The zero-order valence-corrected chi connectivity index (χ0v) is 18.0. The number of primary amides is 1. The first-order valence-corrected chi connectivity index (χ1v) is 10.8. The van der Waals surface area contributed by atoms with Gasteiger partial charge in [0.15, 0.2) is 0 Å². The minimum Gasteiger partial charge on any atom is -0.462 e. The van der Waals surface area contributed by atoms with Crippen LogP contribution >= 0.6 is 11.3 Å². The number of esters is 1. The molecule has 0 atom stereocenters. The Hall–Kier alpha value is -2.78. The average Bonchev–Trinajstić information content (AvgIpc) is 3.05. The summed E-state index contributed by atoms with van der Waals surface area (Å²) in [6.07, 6.45) is 3.67. The van der Waals surface area contributed by atoms with Crippen molar-refractivity contribution in [3.05, 3.63) is 46.1 Å². The van der Waals surface area contributed by atoms with Gasteiger partial charge in [-0.1, -0.05) is 6.07 Å². The summed E-state index contributed by atoms with van der Waals surface area (Å²) in [5.74, 6) is -1.06. The van der Waals surface area contributed by atoms with Crippen LogP contribution in [-0.4, -0.2) is 53.9 Å². The number of nitrogens with one attached hydrogen (secondary N) is 1. The molecule has 0 spiro atoms. The van der Waals surface area contributed by atoms with Gasteiger partial charge in [-0.2, -0.15) is 0 Å². The van der Waals surface area contributed by atoms with Gasteiger partial charge in [0.25, 0.3) is 5.91 Å². The lowest BCUT2D eigenvalue weighted by Gasteiger charge is -2.31. The Labute approximate surface area is 179 Å². The molecule has 3 N–H and O–H groups in total. The summed E-state index contributed by atoms with van der Waals surface area (Å²) in [4.78, 5) is 43.4. The minimum atomic E-state index is -0.639. The van der Waals surface area contributed by atoms with Crippen LogP contribution in [0.2, 0.25) is 0 Å². The molecule has 2 amide bonds. The van der Waals surface area contributed by atoms with E-state index in [0.29, 0.717) is 16.5 Å². The lowest BCUT2D eigenvalue weighted by atomic mass is 9.93. The molecular weight excluding hydrogens is 404 g/mol. The van der Waals surface area contributed by atoms with Crippen molar-refractivity contribution in [2.45, 2.75) is 32.6 Å². The van der Waals surface area contributed by atoms with Gasteiger partial charge in [0.05, 0.1) is 23.6 Å². The van der Waals surface area contributed by atoms with Gasteiger partial charge in [-0.25, -0.2) is 4.79 Å². The smallest absolute Gasteiger partial charge is 0.341 e. The maximum absolute atomic E-state index is 12.6. The highest BCUT2D eigenvalue weighted by atomic mass is 32.1. The molecule has 3 heterocycles. The molecule has 2 aromatic rings. The van der Waals surface area contributed by atoms with Crippen molar-refractivity contribution in [2.24, 2.45) is 5.73 Å². The van der Waals surface area contributed by atoms with Crippen molar-refractivity contribution in [2.75, 3.05) is 31.6 Å². The van der Waals surface area contributed by atoms with Crippen molar-refractivity contribution in [3.63, 3.8) is 0 Å². The van der Waals surface area contributed by atoms with Crippen molar-refractivity contribution >= 4 is 34.1 Å². The fourth-order valence-corrected chi connectivity index (χ4v) is 4.72. The van der Waals surface area contributed by atoms with Gasteiger partial charge >= 0.3 is 5.97 Å². The van der Waals surface area contributed by atoms with Crippen LogP contribution in [0.1, 0.15) is 57.0 Å². The van der Waals surface area contributed by atoms with Crippen LogP contribution in [0.5, 0.6) is 0 Å². The number of thiophene rings is 1. The molecule has 1 aliphatic rings. The largest absolute Gasteiger partial charge is 0.462 e. The zero-order valence-electron chi connectivity index (χ0n) is 17.1. The van der Waals surface area contributed by atoms with E-state index >= 15 is 0 Å². The number of amides is 2. The first-order valence-electron chi connectivity index (χ1n) is 9.94. The predicted molar refractivity (Wildman–Crippen MR) is 115 cm³/mol. The molecule has 0 bridgehead atoms. The fraction of sp³-hybridized carbons (Fsp3) is 0.429. The molecule has 1 saturated heterocycles. The van der Waals surface area contributed by atoms with E-state index in [9.17, 15) is 14.4 Å². The van der Waals surface area contributed by atoms with Crippen LogP contribution in [0.4, 0.5) is 5.00 Å². The summed E-state index contributed by atoms with van der Waals surface area (Å²) in [5.41, 5.74) is 7.12. The highest BCUT2D eigenvalue weighted by Gasteiger charge is 2.27. The van der Waals surface area contributed by atoms with Crippen molar-refractivity contribution < 1.29 is 19.1 Å². The quantitative estimate of drug-likeness (QED) is 0.653. The summed E-state index contributed by atoms with van der Waals surface area (Å²) in [7, 11) is 0. The highest BCUT2D eigenvalue weighted by Crippen LogP contribution is 2.33. The standard InChI is InChI=1S/C21H26N4O4S/c1-3-29-21(28)17-13(2)18(19(22)27)30-20(17)24-16(26)12-25-10-7-14(8-11-25)15-6-4-5-9-23-15/h4-6,9,14H,3,7-8,10-12H2,1-2H3,(H2,22,27)(H,24,26). The Morgan fingerprint density at radius 1 is 1.30 bits per heavy atom. The van der Waals surface area contributed by atoms with Crippen LogP contribution in [0.15, 0.2) is 24.4 Å². The van der Waals surface area contributed by atoms with Gasteiger partial charge in [0.2, 0.25) is 5.91 Å². The van der Waals surface area contributed by atoms with Crippen LogP contribution < -0.4 is 11.1 Å². The zero-order chi connectivity index (χ0) is 21.7. The molecule has 3 rings (SSSR count). The van der Waals surface area contributed by atoms with E-state index in [0.717, 1.165) is 43.0 Å². The van der Waals surface area contributed by atoms with Crippen molar-refractivity contribution in [3.8, 4) is 0 Å². The van der Waals surface area contributed by atoms with Crippen LogP contribution in [-0.2, 0) is 9.53 Å². The molecule has 0 aromatic carbocycles. The molecule has 0 radical (unpaired) electrons. The van der Waals surface area contributed by atoms with Gasteiger partial charge in [-0.3, -0.25) is 19.5 Å². The number of carbonyl (C=O) groups is 3. The van der Waals surface area contributed by atoms with Crippen LogP contribution in [0.25, 0.3) is 0 Å². The molecule has 2 aromatic heterocycles. The number of nitrogens with two attached hydrogens (primary N) is 1. The van der Waals surface area contributed by atoms with E-state index < -0.39 is 11.9 Å². The number of pyridine rings is 1. The third-order valence-electron chi connectivity index (χ3n) is 5.16. The number of ether oxygens (including phenoxy) is 1. The summed E-state index contributed by atoms with van der Waals surface area (Å²) in [6.45, 7) is 5.30. The molecule has 1 aliphatic heterocycles. The number of carbonyl (C=O) groups excluding carboxylic acids is 3. The van der Waals surface area contributed by atoms with Crippen LogP contribution in [0.3, 0.4) is 0 Å². The van der Waals surface area contributed by atoms with Crippen molar-refractivity contribution in [1.29, 1.82) is 0 Å². The molecule has 9 heteroatoms. The van der Waals surface area contributed by atoms with Gasteiger partial charge in [-0.05, 0) is 57.5 Å². The number of nitrogens with zero attached hydrogens (tertiary/aromatic N) is 2. The molecular formula is C21H26N4O4S. The number of likely N-dealkylation sites (tertiary alicyclic amines) is 1. The van der Waals surface area contributed by atoms with E-state index in [1.165, 1.54) is 0 Å². The van der Waals surface area contributed by atoms with E-state index in [-0.39, 0.29) is 29.5 Å². The monoisotopic (exact) mass is 430 g/mol. The SMILES string of the molecule is CCOC(=O)c1c(NC(=O)CN2CCC(c3ccccn3)CC2)sc(C(N)=O)c1C. The Morgan fingerprint density at radius 2 is 2.03 bits per heavy atom. The van der Waals surface area contributed by atoms with Crippen molar-refractivity contribution in [1.82, 2.24) is 9.88 Å². The van der Waals surface area contributed by atoms with Gasteiger partial charge in [0, 0.05) is 17.8 Å². The number of piperidine rings is 1. The second-order valence-electron chi connectivity index (χ2n) is 7.20. The van der Waals surface area contributed by atoms with E-state index in [1.807, 2.05) is 18.2 Å². The Kier molecular flexibility index (Phi) is 7.17. The second-order valence-corrected chi connectivity index (χ2v) is 8.22. The second kappa shape index (κ2) is 9.82. The molecule has 160 valence electrons. The van der Waals surface area contributed by atoms with Crippen LogP contribution in [0, 0.1) is 6.92 Å². The summed E-state index contributed by atoms with van der Waals surface area (Å²) in [6, 6.07) is 5.94. The maximum Gasteiger partial charge on any atom is 0.341 e. The topological polar surface area (TPSA) is 115 Å². The van der Waals surface area contributed by atoms with Gasteiger partial charge in [0.1, 0.15) is 5.00 Å². The first-order chi connectivity index (χ1) is 14.4. The van der Waals surface area contributed by atoms with E-state index in [4.69, 9.17) is 10.5 Å². The Morgan fingerprint density at radius 3 is 2.63 bits per heavy atom. The molecule has 1 fully saturated rings. The third kappa shape index (κ3) is 5.03. The summed E-state index contributed by atoms with van der Waals surface area (Å²) in [5, 5.41) is 3.07. The minimum absolute atomic E-state index is 0.192. The number of hydrogen-bond acceptors (Lipinski definition) is 7. The number of hydrogen-bond donors (Lipinski definition) is 2.